The van der Waals surface area contributed by atoms with E-state index in [0.717, 1.165) is 64.4 Å². The first-order chi connectivity index (χ1) is 15.0. The highest BCUT2D eigenvalue weighted by Gasteiger charge is 2.30. The molecule has 1 aliphatic rings. The topological polar surface area (TPSA) is 75.8 Å². The van der Waals surface area contributed by atoms with E-state index in [1.54, 1.807) is 4.90 Å². The van der Waals surface area contributed by atoms with Gasteiger partial charge in [-0.2, -0.15) is 0 Å². The summed E-state index contributed by atoms with van der Waals surface area (Å²) in [5, 5.41) is 8.08. The average Bonchev–Trinajstić information content (AvgIpc) is 3.37. The Morgan fingerprint density at radius 2 is 2.12 bits per heavy atom. The number of carbonyl (C=O) groups is 1. The van der Waals surface area contributed by atoms with E-state index in [1.807, 2.05) is 14.1 Å². The molecule has 3 N–H and O–H groups in total. The van der Waals surface area contributed by atoms with Gasteiger partial charge in [-0.1, -0.05) is 12.1 Å². The summed E-state index contributed by atoms with van der Waals surface area (Å²) in [7, 11) is 3.68. The van der Waals surface area contributed by atoms with E-state index in [-0.39, 0.29) is 35.9 Å². The Morgan fingerprint density at radius 3 is 2.88 bits per heavy atom. The number of likely N-dealkylation sites (tertiary alicyclic amines) is 1. The van der Waals surface area contributed by atoms with Crippen molar-refractivity contribution in [1.29, 1.82) is 0 Å². The third-order valence-corrected chi connectivity index (χ3v) is 5.92. The monoisotopic (exact) mass is 554 g/mol. The molecule has 1 amide bonds. The lowest BCUT2D eigenvalue weighted by Gasteiger charge is -2.25. The number of aliphatic imine (C=N–C) groups is 1. The highest BCUT2D eigenvalue weighted by atomic mass is 127. The molecule has 0 radical (unpaired) electrons. The van der Waals surface area contributed by atoms with Crippen molar-refractivity contribution < 1.29 is 4.79 Å². The van der Waals surface area contributed by atoms with Crippen LogP contribution >= 0.6 is 24.0 Å². The predicted octanol–water partition coefficient (Wildman–Crippen LogP) is 3.13. The van der Waals surface area contributed by atoms with Crippen molar-refractivity contribution in [2.75, 3.05) is 46.8 Å². The van der Waals surface area contributed by atoms with Gasteiger partial charge in [0.05, 0.1) is 6.04 Å². The summed E-state index contributed by atoms with van der Waals surface area (Å²) in [6, 6.07) is 6.60. The van der Waals surface area contributed by atoms with Crippen LogP contribution in [0.4, 0.5) is 0 Å². The number of likely N-dealkylation sites (N-methyl/N-ethyl adjacent to an activating group) is 1. The van der Waals surface area contributed by atoms with E-state index in [2.05, 4.69) is 58.8 Å². The predicted molar refractivity (Wildman–Crippen MR) is 144 cm³/mol. The molecule has 32 heavy (non-hydrogen) atoms. The Hall–Kier alpha value is -1.81. The van der Waals surface area contributed by atoms with Crippen molar-refractivity contribution in [2.45, 2.75) is 45.6 Å². The second kappa shape index (κ2) is 13.0. The zero-order chi connectivity index (χ0) is 22.2. The number of nitrogens with one attached hydrogen (secondary N) is 3. The Bertz CT molecular complexity index is 894. The number of aromatic nitrogens is 1. The molecule has 0 spiro atoms. The number of halogens is 1. The third kappa shape index (κ3) is 7.10. The number of H-pyrrole nitrogens is 1. The number of fused-ring (bicyclic) bond motifs is 1. The molecule has 0 saturated carbocycles. The lowest BCUT2D eigenvalue weighted by molar-refractivity contribution is -0.133. The van der Waals surface area contributed by atoms with Crippen molar-refractivity contribution in [3.05, 3.63) is 35.5 Å². The van der Waals surface area contributed by atoms with Gasteiger partial charge >= 0.3 is 0 Å². The quantitative estimate of drug-likeness (QED) is 0.193. The standard InChI is InChI=1S/C24H38N6O.HI/c1-5-25-24(26-12-7-15-30-14-6-8-22(30)23(31)29(3)4)27-13-11-19-17-28-21-16-18(2)9-10-20(19)21;/h9-10,16-17,22,28H,5-8,11-15H2,1-4H3,(H2,25,26,27);1H. The molecule has 1 aromatic carbocycles. The SMILES string of the molecule is CCNC(=NCCCN1CCCC1C(=O)N(C)C)NCCc1c[nH]c2cc(C)ccc12.I. The molecule has 1 aliphatic heterocycles. The molecular weight excluding hydrogens is 515 g/mol. The third-order valence-electron chi connectivity index (χ3n) is 5.92. The maximum absolute atomic E-state index is 12.3. The van der Waals surface area contributed by atoms with E-state index >= 15 is 0 Å². The van der Waals surface area contributed by atoms with Crippen molar-refractivity contribution in [3.8, 4) is 0 Å². The summed E-state index contributed by atoms with van der Waals surface area (Å²) in [6.45, 7) is 8.55. The summed E-state index contributed by atoms with van der Waals surface area (Å²) < 4.78 is 0. The molecule has 1 aromatic heterocycles. The molecule has 1 fully saturated rings. The Balaban J connectivity index is 0.00000363. The van der Waals surface area contributed by atoms with Gasteiger partial charge in [0.15, 0.2) is 5.96 Å². The largest absolute Gasteiger partial charge is 0.361 e. The number of carbonyl (C=O) groups excluding carboxylic acids is 1. The minimum absolute atomic E-state index is 0. The number of aromatic amines is 1. The highest BCUT2D eigenvalue weighted by Crippen LogP contribution is 2.20. The second-order valence-corrected chi connectivity index (χ2v) is 8.58. The molecule has 2 aromatic rings. The van der Waals surface area contributed by atoms with Crippen LogP contribution < -0.4 is 10.6 Å². The maximum Gasteiger partial charge on any atom is 0.239 e. The fourth-order valence-corrected chi connectivity index (χ4v) is 4.30. The normalized spacial score (nSPS) is 16.8. The van der Waals surface area contributed by atoms with Crippen LogP contribution in [-0.2, 0) is 11.2 Å². The van der Waals surface area contributed by atoms with Gasteiger partial charge in [0.2, 0.25) is 5.91 Å². The molecule has 7 nitrogen and oxygen atoms in total. The lowest BCUT2D eigenvalue weighted by atomic mass is 10.1. The van der Waals surface area contributed by atoms with Gasteiger partial charge in [0.1, 0.15) is 0 Å². The Morgan fingerprint density at radius 1 is 1.31 bits per heavy atom. The van der Waals surface area contributed by atoms with Gasteiger partial charge in [0.25, 0.3) is 0 Å². The van der Waals surface area contributed by atoms with Crippen LogP contribution in [0, 0.1) is 6.92 Å². The smallest absolute Gasteiger partial charge is 0.239 e. The molecule has 0 bridgehead atoms. The van der Waals surface area contributed by atoms with Gasteiger partial charge in [-0.25, -0.2) is 0 Å². The lowest BCUT2D eigenvalue weighted by Crippen LogP contribution is -2.43. The average molecular weight is 555 g/mol. The maximum atomic E-state index is 12.3. The van der Waals surface area contributed by atoms with Gasteiger partial charge < -0.3 is 20.5 Å². The van der Waals surface area contributed by atoms with Crippen LogP contribution in [0.3, 0.4) is 0 Å². The van der Waals surface area contributed by atoms with Crippen LogP contribution in [0.2, 0.25) is 0 Å². The number of rotatable bonds is 9. The Labute approximate surface area is 209 Å². The van der Waals surface area contributed by atoms with Gasteiger partial charge in [-0.05, 0) is 63.3 Å². The molecule has 2 heterocycles. The van der Waals surface area contributed by atoms with E-state index in [0.29, 0.717) is 0 Å². The minimum Gasteiger partial charge on any atom is -0.361 e. The molecule has 1 unspecified atom stereocenters. The summed E-state index contributed by atoms with van der Waals surface area (Å²) in [4.78, 5) is 24.5. The van der Waals surface area contributed by atoms with E-state index in [1.165, 1.54) is 22.0 Å². The van der Waals surface area contributed by atoms with Crippen molar-refractivity contribution in [3.63, 3.8) is 0 Å². The summed E-state index contributed by atoms with van der Waals surface area (Å²) in [5.74, 6) is 1.09. The van der Waals surface area contributed by atoms with E-state index < -0.39 is 0 Å². The van der Waals surface area contributed by atoms with Crippen LogP contribution in [0.5, 0.6) is 0 Å². The highest BCUT2D eigenvalue weighted by molar-refractivity contribution is 14.0. The first-order valence-electron chi connectivity index (χ1n) is 11.5. The number of hydrogen-bond acceptors (Lipinski definition) is 3. The number of hydrogen-bond donors (Lipinski definition) is 3. The fraction of sp³-hybridized carbons (Fsp3) is 0.583. The van der Waals surface area contributed by atoms with Crippen LogP contribution in [-0.4, -0.2) is 79.5 Å². The summed E-state index contributed by atoms with van der Waals surface area (Å²) in [6.07, 6.45) is 6.07. The first kappa shape index (κ1) is 26.4. The summed E-state index contributed by atoms with van der Waals surface area (Å²) in [5.41, 5.74) is 3.79. The molecular formula is C24H39IN6O. The van der Waals surface area contributed by atoms with Crippen LogP contribution in [0.25, 0.3) is 10.9 Å². The Kier molecular flexibility index (Phi) is 10.8. The first-order valence-corrected chi connectivity index (χ1v) is 11.5. The minimum atomic E-state index is 0. The zero-order valence-electron chi connectivity index (χ0n) is 19.9. The number of amides is 1. The number of aryl methyl sites for hydroxylation is 1. The van der Waals surface area contributed by atoms with Crippen molar-refractivity contribution in [2.24, 2.45) is 4.99 Å². The second-order valence-electron chi connectivity index (χ2n) is 8.58. The van der Waals surface area contributed by atoms with Gasteiger partial charge in [-0.15, -0.1) is 24.0 Å². The molecule has 3 rings (SSSR count). The molecule has 1 saturated heterocycles. The molecule has 0 aliphatic carbocycles. The zero-order valence-corrected chi connectivity index (χ0v) is 22.2. The van der Waals surface area contributed by atoms with Crippen molar-refractivity contribution in [1.82, 2.24) is 25.4 Å². The number of guanidine groups is 1. The van der Waals surface area contributed by atoms with Gasteiger partial charge in [-0.3, -0.25) is 14.7 Å². The van der Waals surface area contributed by atoms with Crippen molar-refractivity contribution >= 4 is 46.7 Å². The number of benzene rings is 1. The fourth-order valence-electron chi connectivity index (χ4n) is 4.30. The molecule has 178 valence electrons. The molecule has 8 heteroatoms. The van der Waals surface area contributed by atoms with E-state index in [9.17, 15) is 4.79 Å². The molecule has 1 atom stereocenters. The van der Waals surface area contributed by atoms with Gasteiger partial charge in [0, 0.05) is 57.4 Å². The number of nitrogens with zero attached hydrogens (tertiary/aromatic N) is 3. The van der Waals surface area contributed by atoms with Crippen LogP contribution in [0.1, 0.15) is 37.3 Å². The van der Waals surface area contributed by atoms with Crippen LogP contribution in [0.15, 0.2) is 29.4 Å². The summed E-state index contributed by atoms with van der Waals surface area (Å²) >= 11 is 0. The van der Waals surface area contributed by atoms with E-state index in [4.69, 9.17) is 4.99 Å².